The number of anilines is 2. The fraction of sp³-hybridized carbons (Fsp3) is 0.286. The lowest BCUT2D eigenvalue weighted by atomic mass is 10.1. The Balaban J connectivity index is 2.13. The molecule has 1 aromatic carbocycles. The largest absolute Gasteiger partial charge is 0.493 e. The summed E-state index contributed by atoms with van der Waals surface area (Å²) in [4.78, 5) is 13.8. The molecule has 11 heteroatoms. The second-order valence-electron chi connectivity index (χ2n) is 6.37. The second-order valence-corrected chi connectivity index (χ2v) is 7.25. The monoisotopic (exact) mass is 457 g/mol. The molecule has 0 radical (unpaired) electrons. The molecule has 0 aliphatic rings. The number of nitrogens with two attached hydrogens (primary N) is 1. The van der Waals surface area contributed by atoms with Gasteiger partial charge in [0, 0.05) is 32.1 Å². The molecule has 0 amide bonds. The maximum absolute atomic E-state index is 5.68. The van der Waals surface area contributed by atoms with Gasteiger partial charge in [-0.25, -0.2) is 4.98 Å². The van der Waals surface area contributed by atoms with Crippen molar-refractivity contribution in [2.24, 2.45) is 10.7 Å². The van der Waals surface area contributed by atoms with E-state index < -0.39 is 0 Å². The Hall–Kier alpha value is -3.60. The van der Waals surface area contributed by atoms with E-state index in [0.29, 0.717) is 41.1 Å². The molecule has 0 atom stereocenters. The van der Waals surface area contributed by atoms with Crippen LogP contribution < -0.4 is 30.0 Å². The Kier molecular flexibility index (Phi) is 7.66. The quantitative estimate of drug-likeness (QED) is 0.311. The molecule has 32 heavy (non-hydrogen) atoms. The average molecular weight is 458 g/mol. The first-order chi connectivity index (χ1) is 15.6. The number of nitrogens with zero attached hydrogens (tertiary/aromatic N) is 4. The zero-order valence-electron chi connectivity index (χ0n) is 18.7. The molecule has 0 aliphatic heterocycles. The highest BCUT2D eigenvalue weighted by molar-refractivity contribution is 8.05. The molecule has 170 valence electrons. The van der Waals surface area contributed by atoms with Gasteiger partial charge in [-0.05, 0) is 31.0 Å². The lowest BCUT2D eigenvalue weighted by molar-refractivity contribution is 0.325. The Labute approximate surface area is 191 Å². The Morgan fingerprint density at radius 1 is 1.31 bits per heavy atom. The molecule has 2 heterocycles. The molecule has 0 bridgehead atoms. The number of allylic oxidation sites excluding steroid dienone is 1. The van der Waals surface area contributed by atoms with Gasteiger partial charge in [-0.2, -0.15) is 4.98 Å². The first kappa shape index (κ1) is 23.1. The highest BCUT2D eigenvalue weighted by atomic mass is 32.2. The second kappa shape index (κ2) is 10.6. The number of nitrogens with one attached hydrogen (secondary N) is 2. The van der Waals surface area contributed by atoms with Crippen molar-refractivity contribution in [1.82, 2.24) is 14.4 Å². The van der Waals surface area contributed by atoms with Gasteiger partial charge in [-0.3, -0.25) is 9.39 Å². The topological polar surface area (TPSA) is 120 Å². The number of methoxy groups -OCH3 is 2. The van der Waals surface area contributed by atoms with E-state index in [4.69, 9.17) is 19.9 Å². The maximum Gasteiger partial charge on any atom is 0.232 e. The number of imidazole rings is 1. The number of aliphatic imine (C=N–C) groups is 1. The van der Waals surface area contributed by atoms with E-state index >= 15 is 0 Å². The van der Waals surface area contributed by atoms with Crippen molar-refractivity contribution >= 4 is 35.3 Å². The van der Waals surface area contributed by atoms with Crippen LogP contribution in [0, 0.1) is 0 Å². The number of hydrogen-bond donors (Lipinski definition) is 3. The van der Waals surface area contributed by atoms with Gasteiger partial charge >= 0.3 is 0 Å². The summed E-state index contributed by atoms with van der Waals surface area (Å²) in [6.07, 6.45) is 6.73. The van der Waals surface area contributed by atoms with Crippen molar-refractivity contribution in [1.29, 1.82) is 0 Å². The van der Waals surface area contributed by atoms with Crippen LogP contribution in [0.3, 0.4) is 0 Å². The van der Waals surface area contributed by atoms with Crippen molar-refractivity contribution in [3.63, 3.8) is 0 Å². The van der Waals surface area contributed by atoms with Crippen LogP contribution in [0.15, 0.2) is 40.6 Å². The van der Waals surface area contributed by atoms with Crippen LogP contribution in [0.2, 0.25) is 0 Å². The van der Waals surface area contributed by atoms with Crippen LogP contribution in [0.25, 0.3) is 16.9 Å². The van der Waals surface area contributed by atoms with Crippen molar-refractivity contribution in [2.45, 2.75) is 6.92 Å². The minimum Gasteiger partial charge on any atom is -0.493 e. The van der Waals surface area contributed by atoms with Gasteiger partial charge in [0.2, 0.25) is 5.88 Å². The summed E-state index contributed by atoms with van der Waals surface area (Å²) in [5, 5.41) is 3.07. The predicted molar refractivity (Wildman–Crippen MR) is 130 cm³/mol. The molecule has 3 aromatic rings. The van der Waals surface area contributed by atoms with Crippen LogP contribution in [-0.4, -0.2) is 55.5 Å². The van der Waals surface area contributed by atoms with Crippen molar-refractivity contribution in [3.05, 3.63) is 35.6 Å². The summed E-state index contributed by atoms with van der Waals surface area (Å²) in [7, 11) is 6.67. The van der Waals surface area contributed by atoms with E-state index in [1.165, 1.54) is 18.1 Å². The molecule has 0 aliphatic carbocycles. The van der Waals surface area contributed by atoms with E-state index in [1.54, 1.807) is 40.7 Å². The zero-order valence-corrected chi connectivity index (χ0v) is 19.5. The molecule has 0 saturated heterocycles. The fourth-order valence-corrected chi connectivity index (χ4v) is 3.70. The number of hydrogen-bond acceptors (Lipinski definition) is 10. The van der Waals surface area contributed by atoms with Gasteiger partial charge < -0.3 is 30.0 Å². The van der Waals surface area contributed by atoms with Crippen molar-refractivity contribution < 1.29 is 14.2 Å². The van der Waals surface area contributed by atoms with Crippen LogP contribution in [-0.2, 0) is 0 Å². The number of ether oxygens (including phenoxy) is 3. The minimum absolute atomic E-state index is 0.495. The third-order valence-electron chi connectivity index (χ3n) is 4.47. The van der Waals surface area contributed by atoms with Gasteiger partial charge in [0.1, 0.15) is 0 Å². The molecular formula is C21H27N7O3S. The van der Waals surface area contributed by atoms with Crippen LogP contribution in [0.4, 0.5) is 11.5 Å². The van der Waals surface area contributed by atoms with Gasteiger partial charge in [-0.15, -0.1) is 0 Å². The molecule has 0 fully saturated rings. The zero-order chi connectivity index (χ0) is 23.1. The Morgan fingerprint density at radius 2 is 2.12 bits per heavy atom. The maximum atomic E-state index is 5.68. The van der Waals surface area contributed by atoms with E-state index in [-0.39, 0.29) is 0 Å². The number of fused-ring (bicyclic) bond motifs is 1. The molecule has 4 N–H and O–H groups in total. The van der Waals surface area contributed by atoms with Crippen LogP contribution in [0.5, 0.6) is 17.4 Å². The Bertz CT molecular complexity index is 1140. The minimum atomic E-state index is 0.495. The lowest BCUT2D eigenvalue weighted by Crippen LogP contribution is -2.03. The summed E-state index contributed by atoms with van der Waals surface area (Å²) >= 11 is 1.31. The number of aromatic nitrogens is 3. The summed E-state index contributed by atoms with van der Waals surface area (Å²) in [6, 6.07) is 3.85. The summed E-state index contributed by atoms with van der Waals surface area (Å²) in [5.74, 6) is 2.25. The molecule has 0 unspecified atom stereocenters. The fourth-order valence-electron chi connectivity index (χ4n) is 3.10. The van der Waals surface area contributed by atoms with Gasteiger partial charge in [-0.1, -0.05) is 0 Å². The first-order valence-corrected chi connectivity index (χ1v) is 10.6. The van der Waals surface area contributed by atoms with Crippen LogP contribution >= 0.6 is 11.9 Å². The molecule has 2 aromatic heterocycles. The summed E-state index contributed by atoms with van der Waals surface area (Å²) < 4.78 is 22.0. The highest BCUT2D eigenvalue weighted by Crippen LogP contribution is 2.41. The normalized spacial score (nSPS) is 11.7. The van der Waals surface area contributed by atoms with E-state index in [9.17, 15) is 0 Å². The van der Waals surface area contributed by atoms with Gasteiger partial charge in [0.25, 0.3) is 0 Å². The van der Waals surface area contributed by atoms with Gasteiger partial charge in [0.15, 0.2) is 23.0 Å². The first-order valence-electron chi connectivity index (χ1n) is 9.82. The predicted octanol–water partition coefficient (Wildman–Crippen LogP) is 3.41. The van der Waals surface area contributed by atoms with Gasteiger partial charge in [0.05, 0.1) is 49.5 Å². The van der Waals surface area contributed by atoms with E-state index in [1.807, 2.05) is 29.7 Å². The standard InChI is InChI=1S/C21H27N7O3S/c1-6-31-18-12-28-16(11-25-21(28)20(24-3)26-18)13-7-15(19(30-5)17(8-13)29-4)27-32-14(9-22)10-23-2/h7-12,27H,6,22H2,1-5H3,(H,24,26)/b14-9+,23-10?. The van der Waals surface area contributed by atoms with Crippen molar-refractivity contribution in [3.8, 4) is 28.6 Å². The number of rotatable bonds is 10. The van der Waals surface area contributed by atoms with E-state index in [2.05, 4.69) is 25.0 Å². The Morgan fingerprint density at radius 3 is 2.75 bits per heavy atom. The average Bonchev–Trinajstić information content (AvgIpc) is 3.24. The van der Waals surface area contributed by atoms with E-state index in [0.717, 1.165) is 16.2 Å². The molecule has 0 saturated carbocycles. The highest BCUT2D eigenvalue weighted by Gasteiger charge is 2.18. The van der Waals surface area contributed by atoms with Crippen molar-refractivity contribution in [2.75, 3.05) is 45.0 Å². The molecular weight excluding hydrogens is 430 g/mol. The lowest BCUT2D eigenvalue weighted by Gasteiger charge is -2.16. The molecule has 10 nitrogen and oxygen atoms in total. The third kappa shape index (κ3) is 4.67. The third-order valence-corrected chi connectivity index (χ3v) is 5.27. The number of benzene rings is 1. The molecule has 0 spiro atoms. The SMILES string of the molecule is CCOc1cn2c(-c3cc(NS/C(C=NC)=C/N)c(OC)c(OC)c3)cnc2c(NC)n1. The smallest absolute Gasteiger partial charge is 0.232 e. The molecule has 3 rings (SSSR count). The van der Waals surface area contributed by atoms with Crippen LogP contribution in [0.1, 0.15) is 6.92 Å². The summed E-state index contributed by atoms with van der Waals surface area (Å²) in [6.45, 7) is 2.42. The summed E-state index contributed by atoms with van der Waals surface area (Å²) in [5.41, 5.74) is 8.75.